The number of nitrogens with one attached hydrogen (secondary N) is 2. The second kappa shape index (κ2) is 48.5. The number of Topliss-reactive ketones (excluding diaryl/α,β-unsaturated/α-hetero) is 1. The molecule has 7 heterocycles. The van der Waals surface area contributed by atoms with Gasteiger partial charge in [-0.25, -0.2) is 14.6 Å². The topological polar surface area (TPSA) is 430 Å². The minimum absolute atomic E-state index is 0. The van der Waals surface area contributed by atoms with E-state index in [1.165, 1.54) is 48.5 Å². The molecule has 5 aromatic carbocycles. The molecule has 29 nitrogen and oxygen atoms in total. The molecule has 0 saturated heterocycles. The van der Waals surface area contributed by atoms with Crippen molar-refractivity contribution in [3.63, 3.8) is 0 Å². The molecular formula is C74H61BrCl15N16NaO13. The van der Waals surface area contributed by atoms with Crippen LogP contribution in [-0.4, -0.2) is 101 Å². The van der Waals surface area contributed by atoms with E-state index in [0.717, 1.165) is 33.7 Å². The third-order valence-electron chi connectivity index (χ3n) is 14.9. The van der Waals surface area contributed by atoms with Gasteiger partial charge in [0, 0.05) is 57.0 Å². The Labute approximate surface area is 789 Å². The molecule has 6 aromatic heterocycles. The number of hydrogen-bond donors (Lipinski definition) is 5. The molecule has 1 aliphatic heterocycles. The summed E-state index contributed by atoms with van der Waals surface area (Å²) in [5.41, 5.74) is 11.1. The van der Waals surface area contributed by atoms with Gasteiger partial charge in [0.1, 0.15) is 6.54 Å². The first-order valence-electron chi connectivity index (χ1n) is 33.7. The smallest absolute Gasteiger partial charge is 0.550 e. The maximum absolute atomic E-state index is 11.8. The zero-order valence-electron chi connectivity index (χ0n) is 64.1. The van der Waals surface area contributed by atoms with Crippen molar-refractivity contribution in [1.29, 1.82) is 5.26 Å². The molecule has 0 radical (unpaired) electrons. The fourth-order valence-electron chi connectivity index (χ4n) is 9.14. The zero-order chi connectivity index (χ0) is 88.7. The molecule has 0 spiro atoms. The number of phenols is 1. The molecule has 0 unspecified atom stereocenters. The number of nitriles is 1. The summed E-state index contributed by atoms with van der Waals surface area (Å²) in [6.45, 7) is 20.7. The average Bonchev–Trinajstić information content (AvgIpc) is 1.21. The van der Waals surface area contributed by atoms with E-state index in [2.05, 4.69) is 96.2 Å². The third kappa shape index (κ3) is 30.7. The number of rotatable bonds is 15. The Bertz CT molecular complexity index is 5660. The molecule has 46 heteroatoms. The van der Waals surface area contributed by atoms with Crippen LogP contribution < -0.4 is 70.9 Å². The van der Waals surface area contributed by atoms with Crippen LogP contribution in [0.25, 0.3) is 22.8 Å². The number of benzene rings is 5. The summed E-state index contributed by atoms with van der Waals surface area (Å²) in [5, 5.41) is 79.9. The fourth-order valence-corrected chi connectivity index (χ4v) is 14.0. The monoisotopic (exact) mass is 2010 g/mol. The van der Waals surface area contributed by atoms with Crippen LogP contribution in [0.3, 0.4) is 0 Å². The number of dihydropyridines is 1. The fraction of sp³-hybridized carbons (Fsp3) is 0.230. The maximum atomic E-state index is 11.8. The molecular weight excluding hydrogens is 1960 g/mol. The van der Waals surface area contributed by atoms with E-state index in [4.69, 9.17) is 224 Å². The van der Waals surface area contributed by atoms with Crippen molar-refractivity contribution in [3.8, 4) is 75.2 Å². The number of nitrogens with two attached hydrogens (primary N) is 1. The van der Waals surface area contributed by atoms with Gasteiger partial charge in [-0.2, -0.15) is 5.26 Å². The number of halogens is 16. The summed E-state index contributed by atoms with van der Waals surface area (Å²) in [6.07, 6.45) is 1.59. The van der Waals surface area contributed by atoms with E-state index in [0.29, 0.717) is 59.5 Å². The quantitative estimate of drug-likeness (QED) is 0.0209. The molecule has 0 saturated carbocycles. The Morgan fingerprint density at radius 2 is 0.833 bits per heavy atom. The van der Waals surface area contributed by atoms with Crippen molar-refractivity contribution in [1.82, 2.24) is 61.1 Å². The number of amidine groups is 1. The van der Waals surface area contributed by atoms with E-state index < -0.39 is 17.5 Å². The van der Waals surface area contributed by atoms with E-state index in [1.54, 1.807) is 42.5 Å². The van der Waals surface area contributed by atoms with Crippen molar-refractivity contribution >= 4 is 213 Å². The van der Waals surface area contributed by atoms with Gasteiger partial charge in [0.15, 0.2) is 77.8 Å². The number of carbonyl (C=O) groups excluding carboxylic acids is 2. The first-order valence-corrected chi connectivity index (χ1v) is 40.1. The number of ketones is 1. The van der Waals surface area contributed by atoms with Gasteiger partial charge < -0.3 is 44.9 Å². The molecule has 0 aliphatic carbocycles. The normalized spacial score (nSPS) is 11.5. The second-order valence-corrected chi connectivity index (χ2v) is 32.1. The number of ether oxygens (including phenoxy) is 4. The maximum Gasteiger partial charge on any atom is 1.00 e. The summed E-state index contributed by atoms with van der Waals surface area (Å²) in [5.74, 6) is 0.280. The van der Waals surface area contributed by atoms with Gasteiger partial charge in [0.05, 0.1) is 61.9 Å². The number of oxime groups is 1. The Morgan fingerprint density at radius 3 is 1.14 bits per heavy atom. The van der Waals surface area contributed by atoms with Crippen LogP contribution in [0, 0.1) is 17.2 Å². The first-order chi connectivity index (χ1) is 55.9. The molecule has 1 aliphatic rings. The number of aromatic hydroxyl groups is 1. The number of carboxylic acid groups (broad SMARTS) is 1. The second-order valence-electron chi connectivity index (χ2n) is 25.3. The minimum Gasteiger partial charge on any atom is -0.550 e. The summed E-state index contributed by atoms with van der Waals surface area (Å²) in [7, 11) is 0. The van der Waals surface area contributed by atoms with E-state index in [-0.39, 0.29) is 186 Å². The van der Waals surface area contributed by atoms with Crippen LogP contribution in [0.2, 0.25) is 76.0 Å². The van der Waals surface area contributed by atoms with Gasteiger partial charge in [0.2, 0.25) is 23.5 Å². The molecule has 0 amide bonds. The number of phenolic OH excluding ortho intramolecular Hbond substituents is 1. The van der Waals surface area contributed by atoms with Crippen LogP contribution >= 0.6 is 190 Å². The number of H-pyrrole nitrogens is 2. The summed E-state index contributed by atoms with van der Waals surface area (Å²) < 4.78 is 32.2. The molecule has 11 aromatic rings. The number of aromatic nitrogens is 12. The average molecular weight is 2020 g/mol. The number of carboxylic acids is 1. The van der Waals surface area contributed by atoms with Crippen molar-refractivity contribution in [2.45, 2.75) is 99.8 Å². The van der Waals surface area contributed by atoms with Crippen LogP contribution in [0.15, 0.2) is 130 Å². The number of aliphatic imine (C=N–C) groups is 1. The van der Waals surface area contributed by atoms with E-state index >= 15 is 0 Å². The Hall–Kier alpha value is -7.56. The van der Waals surface area contributed by atoms with Gasteiger partial charge >= 0.3 is 41.1 Å². The number of hydrogen-bond acceptors (Lipinski definition) is 26. The van der Waals surface area contributed by atoms with E-state index in [9.17, 15) is 14.4 Å². The molecule has 12 rings (SSSR count). The third-order valence-corrected chi connectivity index (χ3v) is 19.5. The predicted octanol–water partition coefficient (Wildman–Crippen LogP) is 19.8. The van der Waals surface area contributed by atoms with Crippen LogP contribution in [0.1, 0.15) is 133 Å². The van der Waals surface area contributed by atoms with Gasteiger partial charge in [-0.3, -0.25) is 23.8 Å². The van der Waals surface area contributed by atoms with Crippen molar-refractivity contribution < 1.29 is 82.6 Å². The molecule has 120 heavy (non-hydrogen) atoms. The van der Waals surface area contributed by atoms with Gasteiger partial charge in [-0.05, 0) is 125 Å². The van der Waals surface area contributed by atoms with E-state index in [1.807, 2.05) is 75.3 Å². The molecule has 6 N–H and O–H groups in total. The Balaban J connectivity index is 0.000000260. The summed E-state index contributed by atoms with van der Waals surface area (Å²) >= 11 is 93.0. The summed E-state index contributed by atoms with van der Waals surface area (Å²) in [4.78, 5) is 51.7. The van der Waals surface area contributed by atoms with Crippen LogP contribution in [0.4, 0.5) is 0 Å². The Morgan fingerprint density at radius 1 is 0.508 bits per heavy atom. The van der Waals surface area contributed by atoms with Crippen LogP contribution in [-0.2, 0) is 9.59 Å². The molecule has 0 atom stereocenters. The minimum atomic E-state index is -1.08. The van der Waals surface area contributed by atoms with Crippen molar-refractivity contribution in [2.24, 2.45) is 21.8 Å². The van der Waals surface area contributed by atoms with Crippen molar-refractivity contribution in [3.05, 3.63) is 232 Å². The molecule has 628 valence electrons. The standard InChI is InChI=1S/C16H13Cl2N3O4.C15H11Cl3N4O3.C14H13Cl3N4O2.C14H10Cl3N3O.C7H8Cl2N2.C6H3BrCl2O.C2H4O2.Na/c1-7(2)9-5-13(19-6-12(9)22)24-14-10(17)3-8(4-11(14)18)15-20-16(23)25-21-15;1-6(2)8-5-11(20-21-13(8)18)24-12-9(16)3-7(4-10(12)17)14-19-15(23)25-22-14;1-6(2)8-5-11(19-20-13(8)17)23-12-9(15)3-7(4-10(12)16)14(18)21-22;1-7(2)9-5-12(19-20-14(9)17)21-13-10(15)3-8(6-18)4-11(13)16;1-4(2)5-3-6(8)10-11-7(5)9;7-3-1-4(8)6(10)5(9)2-3;1-2(3)4;/h3-5,7H,6H2,1-2H3,(H,20,21,23);3-6H,1-2H3,(H,19,22,23);3-6,22H,1-2H3,(H2,18,21);3-5,7H,1-2H3;3-4H,1-2H3;1-2,10H;1H3,(H,3,4);/q;;;;;;;+1/p-1. The predicted molar refractivity (Wildman–Crippen MR) is 462 cm³/mol. The van der Waals surface area contributed by atoms with Gasteiger partial charge in [-0.15, -0.1) is 40.8 Å². The summed E-state index contributed by atoms with van der Waals surface area (Å²) in [6, 6.07) is 23.9. The van der Waals surface area contributed by atoms with Crippen molar-refractivity contribution in [2.75, 3.05) is 6.54 Å². The molecule has 0 bridgehead atoms. The zero-order valence-corrected chi connectivity index (χ0v) is 79.0. The van der Waals surface area contributed by atoms with Crippen LogP contribution in [0.5, 0.6) is 46.4 Å². The molecule has 0 fully saturated rings. The number of carbonyl (C=O) groups is 2. The SMILES string of the molecule is CC(=O)[O-].CC(C)C1=CC(Oc2c(Cl)cc(-c3noc(=O)[nH]3)cc2Cl)=NCC1=O.CC(C)c1cc(Cl)nnc1Cl.CC(C)c1cc(Oc2c(Cl)cc(-c3noc(=O)[nH]3)cc2Cl)nnc1Cl.CC(C)c1cc(Oc2c(Cl)cc(/C(N)=N/O)cc2Cl)nnc1Cl.CC(C)c1cc(Oc2c(Cl)cc(C#N)cc2Cl)nnc1Cl.Oc1c(Cl)cc(Br)cc1Cl.[Na+]. The van der Waals surface area contributed by atoms with Gasteiger partial charge in [-0.1, -0.05) is 275 Å². The Kier molecular flexibility index (Phi) is 41.6. The number of aliphatic carboxylic acids is 1. The number of nitrogens with zero attached hydrogens (tertiary/aromatic N) is 13. The number of aromatic amines is 2. The largest absolute Gasteiger partial charge is 1.00 e. The first kappa shape index (κ1) is 103. The van der Waals surface area contributed by atoms with Gasteiger partial charge in [0.25, 0.3) is 0 Å².